The number of benzene rings is 1. The van der Waals surface area contributed by atoms with Crippen LogP contribution < -0.4 is 10.2 Å². The van der Waals surface area contributed by atoms with Gasteiger partial charge in [0.25, 0.3) is 11.8 Å². The number of imide groups is 2. The van der Waals surface area contributed by atoms with Gasteiger partial charge in [0.05, 0.1) is 12.0 Å². The van der Waals surface area contributed by atoms with Gasteiger partial charge < -0.3 is 4.42 Å². The van der Waals surface area contributed by atoms with E-state index in [0.29, 0.717) is 11.4 Å². The van der Waals surface area contributed by atoms with Gasteiger partial charge in [-0.25, -0.2) is 9.69 Å². The maximum Gasteiger partial charge on any atom is 0.335 e. The summed E-state index contributed by atoms with van der Waals surface area (Å²) in [7, 11) is 0. The van der Waals surface area contributed by atoms with Crippen LogP contribution in [0.25, 0.3) is 6.08 Å². The van der Waals surface area contributed by atoms with Crippen LogP contribution >= 0.6 is 0 Å². The largest absolute Gasteiger partial charge is 0.465 e. The number of furan rings is 1. The average molecular weight is 296 g/mol. The lowest BCUT2D eigenvalue weighted by Gasteiger charge is -2.27. The Hall–Kier alpha value is -3.15. The van der Waals surface area contributed by atoms with Crippen molar-refractivity contribution in [1.29, 1.82) is 0 Å². The molecule has 1 aliphatic rings. The second-order valence-electron chi connectivity index (χ2n) is 4.76. The maximum absolute atomic E-state index is 12.6. The highest BCUT2D eigenvalue weighted by Gasteiger charge is 2.37. The molecule has 1 saturated heterocycles. The minimum atomic E-state index is -0.763. The molecule has 1 aromatic carbocycles. The van der Waals surface area contributed by atoms with Gasteiger partial charge in [0.15, 0.2) is 0 Å². The van der Waals surface area contributed by atoms with E-state index in [1.165, 1.54) is 12.3 Å². The lowest BCUT2D eigenvalue weighted by Crippen LogP contribution is -2.54. The standard InChI is InChI=1S/C16H12N2O4/c1-10-5-2-3-7-13(10)18-15(20)12(14(19)17-16(18)21)9-11-6-4-8-22-11/h2-9H,1H3,(H,17,19,21). The van der Waals surface area contributed by atoms with Crippen molar-refractivity contribution >= 4 is 29.6 Å². The summed E-state index contributed by atoms with van der Waals surface area (Å²) in [6, 6.07) is 9.44. The Morgan fingerprint density at radius 1 is 1.09 bits per heavy atom. The number of hydrogen-bond acceptors (Lipinski definition) is 4. The molecule has 0 spiro atoms. The molecule has 0 aliphatic carbocycles. The van der Waals surface area contributed by atoms with Gasteiger partial charge in [0, 0.05) is 0 Å². The number of amides is 4. The fraction of sp³-hybridized carbons (Fsp3) is 0.0625. The summed E-state index contributed by atoms with van der Waals surface area (Å²) in [5.41, 5.74) is 1.03. The van der Waals surface area contributed by atoms with Crippen LogP contribution in [0.5, 0.6) is 0 Å². The third kappa shape index (κ3) is 2.31. The first-order chi connectivity index (χ1) is 10.6. The van der Waals surface area contributed by atoms with Crippen molar-refractivity contribution in [2.24, 2.45) is 0 Å². The third-order valence-electron chi connectivity index (χ3n) is 3.29. The van der Waals surface area contributed by atoms with E-state index < -0.39 is 17.8 Å². The predicted octanol–water partition coefficient (Wildman–Crippen LogP) is 2.25. The SMILES string of the molecule is Cc1ccccc1N1C(=O)NC(=O)C(=Cc2ccco2)C1=O. The molecule has 6 heteroatoms. The van der Waals surface area contributed by atoms with Crippen LogP contribution in [0.2, 0.25) is 0 Å². The summed E-state index contributed by atoms with van der Waals surface area (Å²) in [6.07, 6.45) is 2.75. The number of carbonyl (C=O) groups excluding carboxylic acids is 3. The number of carbonyl (C=O) groups is 3. The summed E-state index contributed by atoms with van der Waals surface area (Å²) in [4.78, 5) is 37.5. The van der Waals surface area contributed by atoms with Crippen molar-refractivity contribution in [3.8, 4) is 0 Å². The lowest BCUT2D eigenvalue weighted by atomic mass is 10.1. The number of rotatable bonds is 2. The summed E-state index contributed by atoms with van der Waals surface area (Å²) in [6.45, 7) is 1.78. The van der Waals surface area contributed by atoms with Gasteiger partial charge >= 0.3 is 6.03 Å². The molecule has 1 aromatic heterocycles. The molecule has 0 bridgehead atoms. The predicted molar refractivity (Wildman–Crippen MR) is 78.9 cm³/mol. The van der Waals surface area contributed by atoms with Gasteiger partial charge in [-0.3, -0.25) is 14.9 Å². The Balaban J connectivity index is 2.05. The quantitative estimate of drug-likeness (QED) is 0.681. The number of hydrogen-bond donors (Lipinski definition) is 1. The molecule has 1 N–H and O–H groups in total. The summed E-state index contributed by atoms with van der Waals surface area (Å²) < 4.78 is 5.11. The van der Waals surface area contributed by atoms with E-state index in [0.717, 1.165) is 10.5 Å². The van der Waals surface area contributed by atoms with Crippen LogP contribution in [0.4, 0.5) is 10.5 Å². The van der Waals surface area contributed by atoms with Crippen LogP contribution in [0.1, 0.15) is 11.3 Å². The smallest absolute Gasteiger partial charge is 0.335 e. The van der Waals surface area contributed by atoms with Crippen molar-refractivity contribution < 1.29 is 18.8 Å². The first kappa shape index (κ1) is 13.8. The molecule has 0 unspecified atom stereocenters. The van der Waals surface area contributed by atoms with Gasteiger partial charge in [-0.15, -0.1) is 0 Å². The molecule has 0 radical (unpaired) electrons. The second-order valence-corrected chi connectivity index (χ2v) is 4.76. The molecule has 1 fully saturated rings. The highest BCUT2D eigenvalue weighted by molar-refractivity contribution is 6.39. The average Bonchev–Trinajstić information content (AvgIpc) is 2.98. The van der Waals surface area contributed by atoms with E-state index in [-0.39, 0.29) is 5.57 Å². The number of aryl methyl sites for hydroxylation is 1. The fourth-order valence-electron chi connectivity index (χ4n) is 2.21. The van der Waals surface area contributed by atoms with Crippen molar-refractivity contribution in [2.75, 3.05) is 4.90 Å². The second kappa shape index (κ2) is 5.33. The van der Waals surface area contributed by atoms with E-state index in [1.807, 2.05) is 0 Å². The van der Waals surface area contributed by atoms with Gasteiger partial charge in [-0.05, 0) is 36.8 Å². The van der Waals surface area contributed by atoms with Gasteiger partial charge in [0.1, 0.15) is 11.3 Å². The highest BCUT2D eigenvalue weighted by atomic mass is 16.3. The molecule has 0 atom stereocenters. The van der Waals surface area contributed by atoms with E-state index in [4.69, 9.17) is 4.42 Å². The van der Waals surface area contributed by atoms with Crippen LogP contribution in [-0.2, 0) is 9.59 Å². The molecule has 1 aliphatic heterocycles. The normalized spacial score (nSPS) is 17.0. The molecule has 22 heavy (non-hydrogen) atoms. The third-order valence-corrected chi connectivity index (χ3v) is 3.29. The Kier molecular flexibility index (Phi) is 3.34. The van der Waals surface area contributed by atoms with Crippen LogP contribution in [0.15, 0.2) is 52.7 Å². The van der Waals surface area contributed by atoms with Crippen LogP contribution in [0, 0.1) is 6.92 Å². The Morgan fingerprint density at radius 2 is 1.86 bits per heavy atom. The minimum Gasteiger partial charge on any atom is -0.465 e. The van der Waals surface area contributed by atoms with Crippen molar-refractivity contribution in [1.82, 2.24) is 5.32 Å². The number of nitrogens with zero attached hydrogens (tertiary/aromatic N) is 1. The zero-order chi connectivity index (χ0) is 15.7. The minimum absolute atomic E-state index is 0.155. The first-order valence-electron chi connectivity index (χ1n) is 6.58. The van der Waals surface area contributed by atoms with Gasteiger partial charge in [-0.2, -0.15) is 0 Å². The molecule has 110 valence electrons. The first-order valence-corrected chi connectivity index (χ1v) is 6.58. The van der Waals surface area contributed by atoms with E-state index >= 15 is 0 Å². The molecular weight excluding hydrogens is 284 g/mol. The molecule has 2 aromatic rings. The van der Waals surface area contributed by atoms with E-state index in [2.05, 4.69) is 5.32 Å². The topological polar surface area (TPSA) is 79.6 Å². The highest BCUT2D eigenvalue weighted by Crippen LogP contribution is 2.24. The van der Waals surface area contributed by atoms with Gasteiger partial charge in [-0.1, -0.05) is 18.2 Å². The Bertz CT molecular complexity index is 790. The molecular formula is C16H12N2O4. The number of anilines is 1. The van der Waals surface area contributed by atoms with Gasteiger partial charge in [0.2, 0.25) is 0 Å². The molecule has 3 rings (SSSR count). The monoisotopic (exact) mass is 296 g/mol. The summed E-state index contributed by atoms with van der Waals surface area (Å²) in [5, 5.41) is 2.17. The zero-order valence-electron chi connectivity index (χ0n) is 11.7. The maximum atomic E-state index is 12.6. The summed E-state index contributed by atoms with van der Waals surface area (Å²) in [5.74, 6) is -1.06. The van der Waals surface area contributed by atoms with Crippen molar-refractivity contribution in [2.45, 2.75) is 6.92 Å². The fourth-order valence-corrected chi connectivity index (χ4v) is 2.21. The van der Waals surface area contributed by atoms with E-state index in [1.54, 1.807) is 43.3 Å². The zero-order valence-corrected chi connectivity index (χ0v) is 11.7. The number of para-hydroxylation sites is 1. The molecule has 2 heterocycles. The summed E-state index contributed by atoms with van der Waals surface area (Å²) >= 11 is 0. The van der Waals surface area contributed by atoms with Crippen molar-refractivity contribution in [3.63, 3.8) is 0 Å². The lowest BCUT2D eigenvalue weighted by molar-refractivity contribution is -0.122. The Labute approximate surface area is 126 Å². The van der Waals surface area contributed by atoms with Crippen LogP contribution in [-0.4, -0.2) is 17.8 Å². The molecule has 0 saturated carbocycles. The van der Waals surface area contributed by atoms with Crippen molar-refractivity contribution in [3.05, 3.63) is 59.6 Å². The Morgan fingerprint density at radius 3 is 2.55 bits per heavy atom. The molecule has 6 nitrogen and oxygen atoms in total. The molecule has 4 amide bonds. The van der Waals surface area contributed by atoms with E-state index in [9.17, 15) is 14.4 Å². The number of urea groups is 1. The number of barbiturate groups is 1. The van der Waals surface area contributed by atoms with Crippen LogP contribution in [0.3, 0.4) is 0 Å². The number of nitrogens with one attached hydrogen (secondary N) is 1.